The van der Waals surface area contributed by atoms with Gasteiger partial charge in [-0.2, -0.15) is 0 Å². The molecule has 0 radical (unpaired) electrons. The van der Waals surface area contributed by atoms with Crippen LogP contribution in [-0.4, -0.2) is 29.6 Å². The Balaban J connectivity index is 2.30. The second-order valence-electron chi connectivity index (χ2n) is 3.93. The summed E-state index contributed by atoms with van der Waals surface area (Å²) >= 11 is 0. The van der Waals surface area contributed by atoms with Crippen LogP contribution >= 0.6 is 7.14 Å². The monoisotopic (exact) mass is 237 g/mol. The zero-order valence-electron chi connectivity index (χ0n) is 8.60. The summed E-state index contributed by atoms with van der Waals surface area (Å²) in [6.45, 7) is 0. The minimum absolute atomic E-state index is 0.209. The van der Waals surface area contributed by atoms with Crippen molar-refractivity contribution in [2.75, 3.05) is 12.3 Å². The number of hydrogen-bond donors (Lipinski definition) is 1. The van der Waals surface area contributed by atoms with Gasteiger partial charge in [0.05, 0.1) is 12.1 Å². The van der Waals surface area contributed by atoms with Crippen molar-refractivity contribution in [3.8, 4) is 0 Å². The Morgan fingerprint density at radius 2 is 2.06 bits per heavy atom. The summed E-state index contributed by atoms with van der Waals surface area (Å²) in [4.78, 5) is 2.67. The van der Waals surface area contributed by atoms with Crippen LogP contribution in [0, 0.1) is 0 Å². The quantitative estimate of drug-likeness (QED) is 0.367. The molecule has 1 heterocycles. The van der Waals surface area contributed by atoms with Crippen molar-refractivity contribution in [1.82, 2.24) is 0 Å². The van der Waals surface area contributed by atoms with Gasteiger partial charge < -0.3 is 9.67 Å². The van der Waals surface area contributed by atoms with Crippen molar-refractivity contribution >= 4 is 12.4 Å². The summed E-state index contributed by atoms with van der Waals surface area (Å²) in [6.07, 6.45) is -0.315. The van der Waals surface area contributed by atoms with Crippen LogP contribution in [0.3, 0.4) is 0 Å². The molecule has 0 spiro atoms. The van der Waals surface area contributed by atoms with E-state index in [9.17, 15) is 9.67 Å². The third-order valence-corrected chi connectivity index (χ3v) is 6.00. The van der Waals surface area contributed by atoms with Gasteiger partial charge in [-0.3, -0.25) is 0 Å². The normalized spacial score (nSPS) is 33.3. The lowest BCUT2D eigenvalue weighted by atomic mass is 10.2. The van der Waals surface area contributed by atoms with Crippen molar-refractivity contribution in [1.29, 1.82) is 0 Å². The van der Waals surface area contributed by atoms with Crippen LogP contribution in [0.25, 0.3) is 10.4 Å². The molecular formula is C10H12N3O2P. The van der Waals surface area contributed by atoms with Gasteiger partial charge in [-0.1, -0.05) is 35.4 Å². The summed E-state index contributed by atoms with van der Waals surface area (Å²) in [6, 6.07) is 8.53. The number of benzene rings is 1. The second-order valence-corrected chi connectivity index (χ2v) is 6.95. The summed E-state index contributed by atoms with van der Waals surface area (Å²) in [5.41, 5.74) is 8.34. The molecule has 6 heteroatoms. The fourth-order valence-electron chi connectivity index (χ4n) is 2.01. The van der Waals surface area contributed by atoms with E-state index in [0.717, 1.165) is 5.30 Å². The predicted molar refractivity (Wildman–Crippen MR) is 62.4 cm³/mol. The topological polar surface area (TPSA) is 86.1 Å². The van der Waals surface area contributed by atoms with E-state index in [2.05, 4.69) is 10.0 Å². The molecule has 1 saturated heterocycles. The Morgan fingerprint density at radius 1 is 1.38 bits per heavy atom. The number of aliphatic hydroxyl groups excluding tert-OH is 1. The molecule has 3 atom stereocenters. The first-order chi connectivity index (χ1) is 7.65. The molecule has 1 aromatic carbocycles. The Morgan fingerprint density at radius 3 is 2.69 bits per heavy atom. The molecule has 0 amide bonds. The standard InChI is InChI=1S/C10H12N3O2P/c11-13-12-9-6-16(15,7-10(9)14)8-4-2-1-3-5-8/h1-5,9-10,14H,6-7H2/t9-,10-,16?/m0/s1. The van der Waals surface area contributed by atoms with E-state index in [1.807, 2.05) is 18.2 Å². The van der Waals surface area contributed by atoms with Gasteiger partial charge in [0.1, 0.15) is 7.14 Å². The van der Waals surface area contributed by atoms with Crippen molar-refractivity contribution in [3.05, 3.63) is 40.8 Å². The molecule has 5 nitrogen and oxygen atoms in total. The molecule has 0 aromatic heterocycles. The van der Waals surface area contributed by atoms with E-state index >= 15 is 0 Å². The molecule has 2 rings (SSSR count). The molecule has 1 aliphatic heterocycles. The van der Waals surface area contributed by atoms with Gasteiger partial charge in [0.25, 0.3) is 0 Å². The van der Waals surface area contributed by atoms with Gasteiger partial charge in [-0.25, -0.2) is 0 Å². The highest BCUT2D eigenvalue weighted by Gasteiger charge is 2.41. The molecular weight excluding hydrogens is 225 g/mol. The van der Waals surface area contributed by atoms with E-state index in [1.54, 1.807) is 12.1 Å². The molecule has 0 saturated carbocycles. The van der Waals surface area contributed by atoms with Crippen LogP contribution in [0.15, 0.2) is 35.4 Å². The van der Waals surface area contributed by atoms with E-state index in [-0.39, 0.29) is 12.3 Å². The number of aliphatic hydroxyl groups is 1. The smallest absolute Gasteiger partial charge is 0.118 e. The minimum Gasteiger partial charge on any atom is -0.392 e. The highest BCUT2D eigenvalue weighted by atomic mass is 31.2. The van der Waals surface area contributed by atoms with Crippen molar-refractivity contribution < 1.29 is 9.67 Å². The summed E-state index contributed by atoms with van der Waals surface area (Å²) < 4.78 is 12.6. The van der Waals surface area contributed by atoms with E-state index in [4.69, 9.17) is 5.53 Å². The Labute approximate surface area is 93.1 Å². The second kappa shape index (κ2) is 4.30. The molecule has 16 heavy (non-hydrogen) atoms. The average molecular weight is 237 g/mol. The molecule has 84 valence electrons. The number of nitrogens with zero attached hydrogens (tertiary/aromatic N) is 3. The first-order valence-corrected chi connectivity index (χ1v) is 7.09. The van der Waals surface area contributed by atoms with Gasteiger partial charge in [0, 0.05) is 22.5 Å². The largest absolute Gasteiger partial charge is 0.392 e. The van der Waals surface area contributed by atoms with Crippen LogP contribution in [-0.2, 0) is 4.57 Å². The molecule has 1 fully saturated rings. The molecule has 1 unspecified atom stereocenters. The maximum Gasteiger partial charge on any atom is 0.118 e. The van der Waals surface area contributed by atoms with Gasteiger partial charge in [0.15, 0.2) is 0 Å². The summed E-state index contributed by atoms with van der Waals surface area (Å²) in [5.74, 6) is 0. The van der Waals surface area contributed by atoms with E-state index in [1.165, 1.54) is 0 Å². The predicted octanol–water partition coefficient (Wildman–Crippen LogP) is 1.73. The van der Waals surface area contributed by atoms with Gasteiger partial charge in [0.2, 0.25) is 0 Å². The Kier molecular flexibility index (Phi) is 3.01. The van der Waals surface area contributed by atoms with Crippen molar-refractivity contribution in [2.24, 2.45) is 5.11 Å². The maximum atomic E-state index is 12.6. The molecule has 0 bridgehead atoms. The van der Waals surface area contributed by atoms with E-state index in [0.29, 0.717) is 0 Å². The first-order valence-electron chi connectivity index (χ1n) is 5.02. The van der Waals surface area contributed by atoms with Gasteiger partial charge in [-0.05, 0) is 5.53 Å². The highest BCUT2D eigenvalue weighted by molar-refractivity contribution is 7.72. The zero-order chi connectivity index (χ0) is 11.6. The Hall–Kier alpha value is -1.28. The zero-order valence-corrected chi connectivity index (χ0v) is 9.49. The first kappa shape index (κ1) is 11.2. The maximum absolute atomic E-state index is 12.6. The van der Waals surface area contributed by atoms with Crippen LogP contribution in [0.4, 0.5) is 0 Å². The van der Waals surface area contributed by atoms with Crippen LogP contribution in [0.1, 0.15) is 0 Å². The minimum atomic E-state index is -2.58. The molecule has 1 aromatic rings. The lowest BCUT2D eigenvalue weighted by Crippen LogP contribution is -2.20. The highest BCUT2D eigenvalue weighted by Crippen LogP contribution is 2.51. The molecule has 1 aliphatic rings. The molecule has 0 aliphatic carbocycles. The number of rotatable bonds is 2. The fraction of sp³-hybridized carbons (Fsp3) is 0.400. The third kappa shape index (κ3) is 1.98. The van der Waals surface area contributed by atoms with Gasteiger partial charge >= 0.3 is 0 Å². The van der Waals surface area contributed by atoms with Crippen molar-refractivity contribution in [3.63, 3.8) is 0 Å². The van der Waals surface area contributed by atoms with E-state index < -0.39 is 19.3 Å². The third-order valence-electron chi connectivity index (χ3n) is 2.83. The summed E-state index contributed by atoms with van der Waals surface area (Å²) in [7, 11) is -2.58. The molecule has 1 N–H and O–H groups in total. The number of hydrogen-bond acceptors (Lipinski definition) is 3. The average Bonchev–Trinajstić information content (AvgIpc) is 2.57. The van der Waals surface area contributed by atoms with Crippen LogP contribution < -0.4 is 5.30 Å². The van der Waals surface area contributed by atoms with Crippen LogP contribution in [0.2, 0.25) is 0 Å². The lowest BCUT2D eigenvalue weighted by Gasteiger charge is -2.10. The fourth-order valence-corrected chi connectivity index (χ4v) is 5.07. The van der Waals surface area contributed by atoms with Gasteiger partial charge in [-0.15, -0.1) is 0 Å². The van der Waals surface area contributed by atoms with Crippen LogP contribution in [0.5, 0.6) is 0 Å². The van der Waals surface area contributed by atoms with Crippen molar-refractivity contribution in [2.45, 2.75) is 12.1 Å². The lowest BCUT2D eigenvalue weighted by molar-refractivity contribution is 0.183. The number of azide groups is 1. The SMILES string of the molecule is [N-]=[N+]=N[C@H]1CP(=O)(c2ccccc2)C[C@@H]1O. The Bertz CT molecular complexity index is 470. The summed E-state index contributed by atoms with van der Waals surface area (Å²) in [5, 5.41) is 13.9.